The summed E-state index contributed by atoms with van der Waals surface area (Å²) in [5.74, 6) is 0.989. The van der Waals surface area contributed by atoms with Gasteiger partial charge < -0.3 is 10.1 Å². The minimum atomic E-state index is -0.198. The van der Waals surface area contributed by atoms with Crippen LogP contribution in [0.3, 0.4) is 0 Å². The SMILES string of the molecule is CCCc1ccc(/C=C/C(=O)Nc2cnccc2OCC(CC)CCC)cc1. The van der Waals surface area contributed by atoms with Crippen LogP contribution in [0.15, 0.2) is 48.8 Å². The number of hydrogen-bond acceptors (Lipinski definition) is 3. The van der Waals surface area contributed by atoms with E-state index in [2.05, 4.69) is 43.2 Å². The number of aromatic nitrogens is 1. The van der Waals surface area contributed by atoms with E-state index in [0.29, 0.717) is 24.0 Å². The average molecular weight is 381 g/mol. The molecule has 1 aromatic carbocycles. The molecule has 1 N–H and O–H groups in total. The highest BCUT2D eigenvalue weighted by Gasteiger charge is 2.10. The normalized spacial score (nSPS) is 12.1. The van der Waals surface area contributed by atoms with E-state index in [1.54, 1.807) is 18.5 Å². The maximum atomic E-state index is 12.3. The fraction of sp³-hybridized carbons (Fsp3) is 0.417. The Labute approximate surface area is 169 Å². The van der Waals surface area contributed by atoms with Crippen molar-refractivity contribution >= 4 is 17.7 Å². The van der Waals surface area contributed by atoms with E-state index in [1.807, 2.05) is 18.2 Å². The Balaban J connectivity index is 1.95. The summed E-state index contributed by atoms with van der Waals surface area (Å²) in [6.45, 7) is 7.18. The zero-order valence-corrected chi connectivity index (χ0v) is 17.3. The van der Waals surface area contributed by atoms with Crippen LogP contribution in [0.5, 0.6) is 5.75 Å². The van der Waals surface area contributed by atoms with Gasteiger partial charge in [0.15, 0.2) is 0 Å². The van der Waals surface area contributed by atoms with Crippen LogP contribution in [0.25, 0.3) is 6.08 Å². The summed E-state index contributed by atoms with van der Waals surface area (Å²) in [4.78, 5) is 16.4. The van der Waals surface area contributed by atoms with Crippen molar-refractivity contribution in [1.82, 2.24) is 4.98 Å². The Bertz CT molecular complexity index is 753. The molecule has 2 rings (SSSR count). The van der Waals surface area contributed by atoms with Gasteiger partial charge in [0.25, 0.3) is 0 Å². The van der Waals surface area contributed by atoms with Crippen molar-refractivity contribution in [1.29, 1.82) is 0 Å². The van der Waals surface area contributed by atoms with Crippen LogP contribution in [-0.2, 0) is 11.2 Å². The zero-order valence-electron chi connectivity index (χ0n) is 17.3. The number of amides is 1. The maximum Gasteiger partial charge on any atom is 0.248 e. The second-order valence-corrected chi connectivity index (χ2v) is 7.06. The summed E-state index contributed by atoms with van der Waals surface area (Å²) in [7, 11) is 0. The topological polar surface area (TPSA) is 51.2 Å². The summed E-state index contributed by atoms with van der Waals surface area (Å²) < 4.78 is 5.96. The van der Waals surface area contributed by atoms with Gasteiger partial charge in [0.05, 0.1) is 12.8 Å². The molecular formula is C24H32N2O2. The van der Waals surface area contributed by atoms with Crippen molar-refractivity contribution in [2.45, 2.75) is 52.9 Å². The van der Waals surface area contributed by atoms with Crippen molar-refractivity contribution in [3.63, 3.8) is 0 Å². The third kappa shape index (κ3) is 7.18. The molecule has 0 spiro atoms. The van der Waals surface area contributed by atoms with Crippen LogP contribution in [0, 0.1) is 5.92 Å². The van der Waals surface area contributed by atoms with Gasteiger partial charge in [-0.25, -0.2) is 0 Å². The first-order valence-corrected chi connectivity index (χ1v) is 10.3. The fourth-order valence-corrected chi connectivity index (χ4v) is 3.05. The third-order valence-electron chi connectivity index (χ3n) is 4.73. The van der Waals surface area contributed by atoms with Gasteiger partial charge in [0.2, 0.25) is 5.91 Å². The lowest BCUT2D eigenvalue weighted by atomic mass is 10.0. The van der Waals surface area contributed by atoms with E-state index >= 15 is 0 Å². The number of ether oxygens (including phenoxy) is 1. The summed E-state index contributed by atoms with van der Waals surface area (Å²) in [5.41, 5.74) is 2.92. The first-order chi connectivity index (χ1) is 13.7. The number of pyridine rings is 1. The van der Waals surface area contributed by atoms with Gasteiger partial charge in [-0.3, -0.25) is 9.78 Å². The molecule has 0 aliphatic rings. The summed E-state index contributed by atoms with van der Waals surface area (Å²) in [6.07, 6.45) is 12.2. The lowest BCUT2D eigenvalue weighted by Gasteiger charge is -2.16. The molecule has 0 aliphatic heterocycles. The van der Waals surface area contributed by atoms with Gasteiger partial charge in [-0.2, -0.15) is 0 Å². The van der Waals surface area contributed by atoms with Crippen molar-refractivity contribution in [2.24, 2.45) is 5.92 Å². The van der Waals surface area contributed by atoms with Gasteiger partial charge in [0, 0.05) is 18.3 Å². The van der Waals surface area contributed by atoms with E-state index in [1.165, 1.54) is 11.6 Å². The van der Waals surface area contributed by atoms with Gasteiger partial charge in [-0.05, 0) is 36.0 Å². The molecule has 0 radical (unpaired) electrons. The maximum absolute atomic E-state index is 12.3. The Hall–Kier alpha value is -2.62. The summed E-state index contributed by atoms with van der Waals surface area (Å²) >= 11 is 0. The molecule has 1 unspecified atom stereocenters. The van der Waals surface area contributed by atoms with Crippen LogP contribution >= 0.6 is 0 Å². The van der Waals surface area contributed by atoms with Crippen molar-refractivity contribution in [2.75, 3.05) is 11.9 Å². The number of nitrogens with one attached hydrogen (secondary N) is 1. The number of hydrogen-bond donors (Lipinski definition) is 1. The minimum absolute atomic E-state index is 0.198. The molecule has 2 aromatic rings. The smallest absolute Gasteiger partial charge is 0.248 e. The van der Waals surface area contributed by atoms with E-state index in [0.717, 1.165) is 37.7 Å². The number of carbonyl (C=O) groups excluding carboxylic acids is 1. The number of nitrogens with zero attached hydrogens (tertiary/aromatic N) is 1. The third-order valence-corrected chi connectivity index (χ3v) is 4.73. The van der Waals surface area contributed by atoms with Gasteiger partial charge in [0.1, 0.15) is 11.4 Å². The minimum Gasteiger partial charge on any atom is -0.491 e. The van der Waals surface area contributed by atoms with Gasteiger partial charge >= 0.3 is 0 Å². The Kier molecular flexibility index (Phi) is 9.26. The summed E-state index contributed by atoms with van der Waals surface area (Å²) in [5, 5.41) is 2.87. The second kappa shape index (κ2) is 12.0. The number of aryl methyl sites for hydroxylation is 1. The van der Waals surface area contributed by atoms with Crippen molar-refractivity contribution in [3.05, 3.63) is 59.9 Å². The zero-order chi connectivity index (χ0) is 20.2. The molecule has 0 saturated carbocycles. The lowest BCUT2D eigenvalue weighted by molar-refractivity contribution is -0.111. The molecule has 1 amide bonds. The standard InChI is InChI=1S/C24H32N2O2/c1-4-7-19(6-3)18-28-23-15-16-25-17-22(23)26-24(27)14-13-21-11-9-20(8-5-2)10-12-21/h9-17,19H,4-8,18H2,1-3H3,(H,26,27)/b14-13+. The number of rotatable bonds is 11. The highest BCUT2D eigenvalue weighted by molar-refractivity contribution is 6.02. The largest absolute Gasteiger partial charge is 0.491 e. The predicted octanol–water partition coefficient (Wildman–Crippen LogP) is 5.89. The van der Waals surface area contributed by atoms with E-state index in [4.69, 9.17) is 4.74 Å². The molecule has 28 heavy (non-hydrogen) atoms. The Morgan fingerprint density at radius 2 is 1.93 bits per heavy atom. The van der Waals surface area contributed by atoms with E-state index < -0.39 is 0 Å². The monoisotopic (exact) mass is 380 g/mol. The number of anilines is 1. The fourth-order valence-electron chi connectivity index (χ4n) is 3.05. The van der Waals surface area contributed by atoms with Gasteiger partial charge in [-0.15, -0.1) is 0 Å². The molecule has 0 aliphatic carbocycles. The van der Waals surface area contributed by atoms with Crippen molar-refractivity contribution in [3.8, 4) is 5.75 Å². The quantitative estimate of drug-likeness (QED) is 0.494. The number of benzene rings is 1. The first kappa shape index (κ1) is 21.7. The second-order valence-electron chi connectivity index (χ2n) is 7.06. The molecule has 0 fully saturated rings. The van der Waals surface area contributed by atoms with Crippen LogP contribution < -0.4 is 10.1 Å². The van der Waals surface area contributed by atoms with Crippen LogP contribution in [0.4, 0.5) is 5.69 Å². The highest BCUT2D eigenvalue weighted by Crippen LogP contribution is 2.24. The van der Waals surface area contributed by atoms with Gasteiger partial charge in [-0.1, -0.05) is 64.3 Å². The van der Waals surface area contributed by atoms with Crippen LogP contribution in [0.1, 0.15) is 57.6 Å². The first-order valence-electron chi connectivity index (χ1n) is 10.3. The molecule has 1 heterocycles. The molecule has 1 aromatic heterocycles. The Morgan fingerprint density at radius 1 is 1.14 bits per heavy atom. The Morgan fingerprint density at radius 3 is 2.61 bits per heavy atom. The molecule has 0 bridgehead atoms. The predicted molar refractivity (Wildman–Crippen MR) is 117 cm³/mol. The van der Waals surface area contributed by atoms with Crippen molar-refractivity contribution < 1.29 is 9.53 Å². The number of carbonyl (C=O) groups is 1. The molecule has 4 nitrogen and oxygen atoms in total. The highest BCUT2D eigenvalue weighted by atomic mass is 16.5. The molecule has 0 saturated heterocycles. The summed E-state index contributed by atoms with van der Waals surface area (Å²) in [6, 6.07) is 10.1. The molecular weight excluding hydrogens is 348 g/mol. The lowest BCUT2D eigenvalue weighted by Crippen LogP contribution is -2.14. The molecule has 150 valence electrons. The van der Waals surface area contributed by atoms with Crippen LogP contribution in [-0.4, -0.2) is 17.5 Å². The average Bonchev–Trinajstić information content (AvgIpc) is 2.72. The van der Waals surface area contributed by atoms with E-state index in [9.17, 15) is 4.79 Å². The molecule has 4 heteroatoms. The molecule has 1 atom stereocenters. The van der Waals surface area contributed by atoms with E-state index in [-0.39, 0.29) is 5.91 Å². The van der Waals surface area contributed by atoms with Crippen LogP contribution in [0.2, 0.25) is 0 Å².